The minimum Gasteiger partial charge on any atom is -0.494 e. The molecule has 2 aromatic carbocycles. The van der Waals surface area contributed by atoms with Crippen molar-refractivity contribution in [1.82, 2.24) is 4.98 Å². The van der Waals surface area contributed by atoms with E-state index in [1.165, 1.54) is 16.2 Å². The number of furan rings is 1. The van der Waals surface area contributed by atoms with Gasteiger partial charge >= 0.3 is 0 Å². The van der Waals surface area contributed by atoms with Crippen molar-refractivity contribution in [3.63, 3.8) is 0 Å². The van der Waals surface area contributed by atoms with E-state index in [0.29, 0.717) is 37.8 Å². The fourth-order valence-electron chi connectivity index (χ4n) is 2.78. The molecule has 0 saturated carbocycles. The summed E-state index contributed by atoms with van der Waals surface area (Å²) in [6.45, 7) is 0.205. The zero-order chi connectivity index (χ0) is 19.7. The van der Waals surface area contributed by atoms with Gasteiger partial charge in [0.1, 0.15) is 17.0 Å². The molecule has 0 bridgehead atoms. The van der Waals surface area contributed by atoms with Gasteiger partial charge in [0.05, 0.1) is 35.2 Å². The Morgan fingerprint density at radius 3 is 2.82 bits per heavy atom. The van der Waals surface area contributed by atoms with Gasteiger partial charge in [-0.3, -0.25) is 9.69 Å². The predicted octanol–water partition coefficient (Wildman–Crippen LogP) is 6.05. The zero-order valence-electron chi connectivity index (χ0n) is 14.7. The summed E-state index contributed by atoms with van der Waals surface area (Å²) in [7, 11) is 1.59. The molecule has 8 heteroatoms. The molecular formula is C20H14Cl2N2O3S. The minimum atomic E-state index is -0.318. The van der Waals surface area contributed by atoms with Gasteiger partial charge in [0.25, 0.3) is 5.91 Å². The number of para-hydroxylation sites is 1. The van der Waals surface area contributed by atoms with Gasteiger partial charge in [-0.15, -0.1) is 0 Å². The molecular weight excluding hydrogens is 419 g/mol. The predicted molar refractivity (Wildman–Crippen MR) is 112 cm³/mol. The SMILES string of the molecule is COc1cccc2sc(N(Cc3ccco3)C(=O)c3cc(Cl)ccc3Cl)nc12. The van der Waals surface area contributed by atoms with Crippen molar-refractivity contribution in [3.05, 3.63) is 76.2 Å². The van der Waals surface area contributed by atoms with E-state index in [-0.39, 0.29) is 12.5 Å². The van der Waals surface area contributed by atoms with Gasteiger partial charge in [0.2, 0.25) is 0 Å². The number of aromatic nitrogens is 1. The van der Waals surface area contributed by atoms with Crippen LogP contribution in [0.2, 0.25) is 10.0 Å². The summed E-state index contributed by atoms with van der Waals surface area (Å²) >= 11 is 13.7. The van der Waals surface area contributed by atoms with Crippen LogP contribution in [0.5, 0.6) is 5.75 Å². The summed E-state index contributed by atoms with van der Waals surface area (Å²) in [6.07, 6.45) is 1.56. The first-order valence-electron chi connectivity index (χ1n) is 8.29. The van der Waals surface area contributed by atoms with Crippen LogP contribution in [0, 0.1) is 0 Å². The third-order valence-corrected chi connectivity index (χ3v) is 5.73. The normalized spacial score (nSPS) is 11.0. The summed E-state index contributed by atoms with van der Waals surface area (Å²) in [4.78, 5) is 19.5. The van der Waals surface area contributed by atoms with Crippen molar-refractivity contribution in [3.8, 4) is 5.75 Å². The van der Waals surface area contributed by atoms with E-state index in [1.54, 1.807) is 43.7 Å². The van der Waals surface area contributed by atoms with Gasteiger partial charge in [0, 0.05) is 5.02 Å². The highest BCUT2D eigenvalue weighted by molar-refractivity contribution is 7.22. The van der Waals surface area contributed by atoms with Crippen LogP contribution >= 0.6 is 34.5 Å². The Morgan fingerprint density at radius 2 is 2.07 bits per heavy atom. The molecule has 0 aliphatic heterocycles. The van der Waals surface area contributed by atoms with Gasteiger partial charge in [-0.1, -0.05) is 40.6 Å². The Balaban J connectivity index is 1.82. The highest BCUT2D eigenvalue weighted by Gasteiger charge is 2.25. The molecule has 0 unspecified atom stereocenters. The summed E-state index contributed by atoms with van der Waals surface area (Å²) in [5.41, 5.74) is 0.992. The van der Waals surface area contributed by atoms with Crippen molar-refractivity contribution in [1.29, 1.82) is 0 Å². The van der Waals surface area contributed by atoms with Crippen molar-refractivity contribution >= 4 is 55.8 Å². The molecule has 4 aromatic rings. The summed E-state index contributed by atoms with van der Waals surface area (Å²) in [5, 5.41) is 1.26. The van der Waals surface area contributed by atoms with Gasteiger partial charge in [-0.2, -0.15) is 0 Å². The number of hydrogen-bond donors (Lipinski definition) is 0. The molecule has 0 atom stereocenters. The molecule has 5 nitrogen and oxygen atoms in total. The minimum absolute atomic E-state index is 0.205. The lowest BCUT2D eigenvalue weighted by Crippen LogP contribution is -2.30. The number of ether oxygens (including phenoxy) is 1. The molecule has 2 aromatic heterocycles. The Hall–Kier alpha value is -2.54. The Bertz CT molecular complexity index is 1140. The quantitative estimate of drug-likeness (QED) is 0.384. The first-order valence-corrected chi connectivity index (χ1v) is 9.87. The van der Waals surface area contributed by atoms with Crippen LogP contribution in [0.25, 0.3) is 10.2 Å². The van der Waals surface area contributed by atoms with E-state index >= 15 is 0 Å². The van der Waals surface area contributed by atoms with Crippen molar-refractivity contribution in [2.24, 2.45) is 0 Å². The molecule has 28 heavy (non-hydrogen) atoms. The largest absolute Gasteiger partial charge is 0.494 e. The highest BCUT2D eigenvalue weighted by Crippen LogP contribution is 2.36. The number of amides is 1. The van der Waals surface area contributed by atoms with E-state index in [1.807, 2.05) is 18.2 Å². The second-order valence-corrected chi connectivity index (χ2v) is 7.75. The number of hydrogen-bond acceptors (Lipinski definition) is 5. The molecule has 0 aliphatic rings. The summed E-state index contributed by atoms with van der Waals surface area (Å²) in [6, 6.07) is 14.0. The molecule has 0 saturated heterocycles. The number of carbonyl (C=O) groups excluding carboxylic acids is 1. The number of methoxy groups -OCH3 is 1. The van der Waals surface area contributed by atoms with E-state index < -0.39 is 0 Å². The molecule has 0 radical (unpaired) electrons. The second-order valence-electron chi connectivity index (χ2n) is 5.90. The number of halogens is 2. The maximum atomic E-state index is 13.4. The van der Waals surface area contributed by atoms with E-state index in [0.717, 1.165) is 4.70 Å². The monoisotopic (exact) mass is 432 g/mol. The van der Waals surface area contributed by atoms with Gasteiger partial charge in [-0.05, 0) is 42.5 Å². The lowest BCUT2D eigenvalue weighted by molar-refractivity contribution is 0.0983. The van der Waals surface area contributed by atoms with Crippen molar-refractivity contribution in [2.75, 3.05) is 12.0 Å². The number of anilines is 1. The Labute approximate surface area is 175 Å². The van der Waals surface area contributed by atoms with Crippen LogP contribution in [0.4, 0.5) is 5.13 Å². The fourth-order valence-corrected chi connectivity index (χ4v) is 4.13. The molecule has 0 spiro atoms. The third kappa shape index (κ3) is 3.58. The number of nitrogens with zero attached hydrogens (tertiary/aromatic N) is 2. The number of thiazole rings is 1. The van der Waals surface area contributed by atoms with Crippen LogP contribution in [0.3, 0.4) is 0 Å². The number of carbonyl (C=O) groups is 1. The molecule has 4 rings (SSSR count). The van der Waals surface area contributed by atoms with Crippen LogP contribution in [0.15, 0.2) is 59.2 Å². The number of fused-ring (bicyclic) bond motifs is 1. The standard InChI is InChI=1S/C20H14Cl2N2O3S/c1-26-16-5-2-6-17-18(16)23-20(28-17)24(11-13-4-3-9-27-13)19(25)14-10-12(21)7-8-15(14)22/h2-10H,11H2,1H3. The van der Waals surface area contributed by atoms with Gasteiger partial charge in [-0.25, -0.2) is 4.98 Å². The third-order valence-electron chi connectivity index (χ3n) is 4.12. The lowest BCUT2D eigenvalue weighted by atomic mass is 10.2. The first-order chi connectivity index (χ1) is 13.6. The van der Waals surface area contributed by atoms with E-state index in [4.69, 9.17) is 32.4 Å². The van der Waals surface area contributed by atoms with Gasteiger partial charge in [0.15, 0.2) is 5.13 Å². The fraction of sp³-hybridized carbons (Fsp3) is 0.100. The maximum absolute atomic E-state index is 13.4. The second kappa shape index (κ2) is 7.83. The smallest absolute Gasteiger partial charge is 0.262 e. The Morgan fingerprint density at radius 1 is 1.21 bits per heavy atom. The summed E-state index contributed by atoms with van der Waals surface area (Å²) in [5.74, 6) is 0.950. The van der Waals surface area contributed by atoms with Crippen LogP contribution in [-0.2, 0) is 6.54 Å². The van der Waals surface area contributed by atoms with Crippen molar-refractivity contribution in [2.45, 2.75) is 6.54 Å². The zero-order valence-corrected chi connectivity index (χ0v) is 17.0. The first kappa shape index (κ1) is 18.8. The highest BCUT2D eigenvalue weighted by atomic mass is 35.5. The average Bonchev–Trinajstić information content (AvgIpc) is 3.36. The number of benzene rings is 2. The molecule has 0 N–H and O–H groups in total. The lowest BCUT2D eigenvalue weighted by Gasteiger charge is -2.19. The molecule has 0 aliphatic carbocycles. The molecule has 1 amide bonds. The molecule has 0 fully saturated rings. The summed E-state index contributed by atoms with van der Waals surface area (Å²) < 4.78 is 11.7. The molecule has 2 heterocycles. The maximum Gasteiger partial charge on any atom is 0.262 e. The van der Waals surface area contributed by atoms with E-state index in [9.17, 15) is 4.79 Å². The average molecular weight is 433 g/mol. The van der Waals surface area contributed by atoms with Crippen LogP contribution in [-0.4, -0.2) is 18.0 Å². The topological polar surface area (TPSA) is 55.6 Å². The number of rotatable bonds is 5. The van der Waals surface area contributed by atoms with Gasteiger partial charge < -0.3 is 9.15 Å². The van der Waals surface area contributed by atoms with Crippen LogP contribution in [0.1, 0.15) is 16.1 Å². The van der Waals surface area contributed by atoms with E-state index in [2.05, 4.69) is 4.98 Å². The molecule has 142 valence electrons. The van der Waals surface area contributed by atoms with Crippen LogP contribution < -0.4 is 9.64 Å². The van der Waals surface area contributed by atoms with Crippen molar-refractivity contribution < 1.29 is 13.9 Å². The Kier molecular flexibility index (Phi) is 5.26.